The largest absolute Gasteiger partial charge is 0.487 e. The van der Waals surface area contributed by atoms with Gasteiger partial charge in [-0.15, -0.1) is 0 Å². The molecule has 2 aromatic rings. The highest BCUT2D eigenvalue weighted by atomic mass is 16.5. The summed E-state index contributed by atoms with van der Waals surface area (Å²) in [5.74, 6) is 0.796. The predicted molar refractivity (Wildman–Crippen MR) is 67.2 cm³/mol. The molecule has 5 heteroatoms. The van der Waals surface area contributed by atoms with Gasteiger partial charge >= 0.3 is 0 Å². The van der Waals surface area contributed by atoms with Gasteiger partial charge in [0.15, 0.2) is 0 Å². The molecule has 1 N–H and O–H groups in total. The number of ether oxygens (including phenoxy) is 1. The fourth-order valence-corrected chi connectivity index (χ4v) is 2.01. The highest BCUT2D eigenvalue weighted by molar-refractivity contribution is 5.61. The molecule has 1 atom stereocenters. The van der Waals surface area contributed by atoms with Crippen LogP contribution in [0.5, 0.6) is 5.75 Å². The quantitative estimate of drug-likeness (QED) is 0.878. The van der Waals surface area contributed by atoms with Gasteiger partial charge in [-0.25, -0.2) is 9.97 Å². The third-order valence-corrected chi connectivity index (χ3v) is 2.92. The Balaban J connectivity index is 1.80. The summed E-state index contributed by atoms with van der Waals surface area (Å²) in [5.41, 5.74) is 1.92. The molecule has 0 bridgehead atoms. The van der Waals surface area contributed by atoms with Crippen molar-refractivity contribution in [1.82, 2.24) is 20.3 Å². The Labute approximate surface area is 105 Å². The molecule has 18 heavy (non-hydrogen) atoms. The van der Waals surface area contributed by atoms with E-state index in [0.29, 0.717) is 0 Å². The predicted octanol–water partition coefficient (Wildman–Crippen LogP) is 1.28. The fourth-order valence-electron chi connectivity index (χ4n) is 2.01. The third-order valence-electron chi connectivity index (χ3n) is 2.92. The topological polar surface area (TPSA) is 59.9 Å². The van der Waals surface area contributed by atoms with Crippen molar-refractivity contribution in [3.63, 3.8) is 0 Å². The molecular formula is C13H14N4O. The minimum atomic E-state index is 0.245. The summed E-state index contributed by atoms with van der Waals surface area (Å²) in [7, 11) is 0. The van der Waals surface area contributed by atoms with Crippen LogP contribution in [0.4, 0.5) is 0 Å². The van der Waals surface area contributed by atoms with Crippen LogP contribution >= 0.6 is 0 Å². The molecule has 0 spiro atoms. The van der Waals surface area contributed by atoms with Gasteiger partial charge in [-0.1, -0.05) is 0 Å². The summed E-state index contributed by atoms with van der Waals surface area (Å²) in [4.78, 5) is 12.2. The van der Waals surface area contributed by atoms with Crippen molar-refractivity contribution in [2.75, 3.05) is 13.1 Å². The normalized spacial score (nSPS) is 18.8. The average Bonchev–Trinajstić information content (AvgIpc) is 2.93. The molecule has 0 aliphatic carbocycles. The first-order valence-electron chi connectivity index (χ1n) is 5.99. The smallest absolute Gasteiger partial charge is 0.138 e. The standard InChI is InChI=1S/C13H14N4O/c1-2-14-7-12(1)18-13-3-10(4-15-8-13)11-5-16-9-17-6-11/h3-6,8-9,12,14H,1-2,7H2/t12-/m0/s1. The Morgan fingerprint density at radius 2 is 1.89 bits per heavy atom. The Morgan fingerprint density at radius 3 is 2.67 bits per heavy atom. The lowest BCUT2D eigenvalue weighted by Gasteiger charge is -2.12. The van der Waals surface area contributed by atoms with E-state index in [9.17, 15) is 0 Å². The molecule has 0 radical (unpaired) electrons. The minimum Gasteiger partial charge on any atom is -0.487 e. The summed E-state index contributed by atoms with van der Waals surface area (Å²) in [6.45, 7) is 1.92. The highest BCUT2D eigenvalue weighted by Crippen LogP contribution is 2.22. The molecule has 2 aromatic heterocycles. The van der Waals surface area contributed by atoms with Gasteiger partial charge in [0, 0.05) is 36.3 Å². The van der Waals surface area contributed by atoms with Gasteiger partial charge in [0.2, 0.25) is 0 Å². The van der Waals surface area contributed by atoms with Crippen LogP contribution in [0.25, 0.3) is 11.1 Å². The number of pyridine rings is 1. The second-order valence-corrected chi connectivity index (χ2v) is 4.27. The molecule has 5 nitrogen and oxygen atoms in total. The molecule has 92 valence electrons. The number of hydrogen-bond acceptors (Lipinski definition) is 5. The van der Waals surface area contributed by atoms with Crippen LogP contribution in [0, 0.1) is 0 Å². The van der Waals surface area contributed by atoms with Crippen LogP contribution in [0.3, 0.4) is 0 Å². The van der Waals surface area contributed by atoms with Gasteiger partial charge < -0.3 is 10.1 Å². The number of rotatable bonds is 3. The molecule has 0 saturated carbocycles. The van der Waals surface area contributed by atoms with E-state index < -0.39 is 0 Å². The second-order valence-electron chi connectivity index (χ2n) is 4.27. The van der Waals surface area contributed by atoms with Crippen LogP contribution in [-0.4, -0.2) is 34.1 Å². The van der Waals surface area contributed by atoms with Crippen molar-refractivity contribution in [3.8, 4) is 16.9 Å². The van der Waals surface area contributed by atoms with E-state index in [4.69, 9.17) is 4.74 Å². The van der Waals surface area contributed by atoms with E-state index in [1.54, 1.807) is 24.8 Å². The molecule has 1 aliphatic rings. The Hall–Kier alpha value is -2.01. The zero-order chi connectivity index (χ0) is 12.2. The van der Waals surface area contributed by atoms with Crippen molar-refractivity contribution in [3.05, 3.63) is 37.2 Å². The molecule has 0 amide bonds. The first-order valence-corrected chi connectivity index (χ1v) is 5.99. The number of nitrogens with zero attached hydrogens (tertiary/aromatic N) is 3. The third kappa shape index (κ3) is 2.46. The summed E-state index contributed by atoms with van der Waals surface area (Å²) in [6, 6.07) is 1.98. The number of nitrogens with one attached hydrogen (secondary N) is 1. The van der Waals surface area contributed by atoms with Gasteiger partial charge in [-0.2, -0.15) is 0 Å². The summed E-state index contributed by atoms with van der Waals surface area (Å²) < 4.78 is 5.87. The Kier molecular flexibility index (Phi) is 3.14. The maximum atomic E-state index is 5.87. The first-order chi connectivity index (χ1) is 8.92. The molecule has 3 heterocycles. The summed E-state index contributed by atoms with van der Waals surface area (Å²) in [6.07, 6.45) is 9.87. The zero-order valence-corrected chi connectivity index (χ0v) is 9.91. The van der Waals surface area contributed by atoms with E-state index in [-0.39, 0.29) is 6.10 Å². The Bertz CT molecular complexity index is 511. The lowest BCUT2D eigenvalue weighted by Crippen LogP contribution is -2.19. The van der Waals surface area contributed by atoms with E-state index in [1.807, 2.05) is 6.07 Å². The van der Waals surface area contributed by atoms with E-state index in [0.717, 1.165) is 36.4 Å². The van der Waals surface area contributed by atoms with Crippen molar-refractivity contribution in [1.29, 1.82) is 0 Å². The summed E-state index contributed by atoms with van der Waals surface area (Å²) >= 11 is 0. The fraction of sp³-hybridized carbons (Fsp3) is 0.308. The molecule has 0 aromatic carbocycles. The lowest BCUT2D eigenvalue weighted by atomic mass is 10.1. The average molecular weight is 242 g/mol. The van der Waals surface area contributed by atoms with Crippen LogP contribution < -0.4 is 10.1 Å². The van der Waals surface area contributed by atoms with Gasteiger partial charge in [0.05, 0.1) is 6.20 Å². The maximum absolute atomic E-state index is 5.87. The molecule has 3 rings (SSSR count). The van der Waals surface area contributed by atoms with Gasteiger partial charge in [-0.05, 0) is 19.0 Å². The minimum absolute atomic E-state index is 0.245. The molecule has 0 unspecified atom stereocenters. The maximum Gasteiger partial charge on any atom is 0.138 e. The molecule has 1 fully saturated rings. The Morgan fingerprint density at radius 1 is 1.06 bits per heavy atom. The molecule has 1 aliphatic heterocycles. The van der Waals surface area contributed by atoms with Gasteiger partial charge in [-0.3, -0.25) is 4.98 Å². The highest BCUT2D eigenvalue weighted by Gasteiger charge is 2.16. The van der Waals surface area contributed by atoms with E-state index in [1.165, 1.54) is 6.33 Å². The molecular weight excluding hydrogens is 228 g/mol. The second kappa shape index (κ2) is 5.10. The van der Waals surface area contributed by atoms with Crippen molar-refractivity contribution >= 4 is 0 Å². The monoisotopic (exact) mass is 242 g/mol. The first kappa shape index (κ1) is 11.1. The SMILES string of the molecule is c1ncc(-c2cncc(O[C@H]3CCNC3)c2)cn1. The van der Waals surface area contributed by atoms with Gasteiger partial charge in [0.1, 0.15) is 18.2 Å². The lowest BCUT2D eigenvalue weighted by molar-refractivity contribution is 0.222. The van der Waals surface area contributed by atoms with Crippen LogP contribution in [-0.2, 0) is 0 Å². The van der Waals surface area contributed by atoms with Crippen LogP contribution in [0.15, 0.2) is 37.2 Å². The van der Waals surface area contributed by atoms with Crippen LogP contribution in [0.2, 0.25) is 0 Å². The summed E-state index contributed by atoms with van der Waals surface area (Å²) in [5, 5.41) is 3.27. The van der Waals surface area contributed by atoms with Gasteiger partial charge in [0.25, 0.3) is 0 Å². The van der Waals surface area contributed by atoms with Crippen molar-refractivity contribution in [2.24, 2.45) is 0 Å². The van der Waals surface area contributed by atoms with E-state index >= 15 is 0 Å². The van der Waals surface area contributed by atoms with Crippen molar-refractivity contribution in [2.45, 2.75) is 12.5 Å². The number of aromatic nitrogens is 3. The molecule has 1 saturated heterocycles. The zero-order valence-electron chi connectivity index (χ0n) is 9.91. The number of hydrogen-bond donors (Lipinski definition) is 1. The van der Waals surface area contributed by atoms with Crippen LogP contribution in [0.1, 0.15) is 6.42 Å². The van der Waals surface area contributed by atoms with Crippen molar-refractivity contribution < 1.29 is 4.74 Å². The van der Waals surface area contributed by atoms with E-state index in [2.05, 4.69) is 20.3 Å².